The minimum absolute atomic E-state index is 0.620. The molecule has 92 valence electrons. The Morgan fingerprint density at radius 2 is 1.76 bits per heavy atom. The smallest absolute Gasteiger partial charge is 0.384 e. The lowest BCUT2D eigenvalue weighted by atomic mass is 10.0. The van der Waals surface area contributed by atoms with Crippen molar-refractivity contribution in [1.29, 1.82) is 0 Å². The van der Waals surface area contributed by atoms with E-state index < -0.39 is 29.3 Å². The van der Waals surface area contributed by atoms with Crippen molar-refractivity contribution in [3.63, 3.8) is 0 Å². The number of ether oxygens (including phenoxy) is 2. The fourth-order valence-corrected chi connectivity index (χ4v) is 0.737. The number of hydrogen-bond acceptors (Lipinski definition) is 5. The summed E-state index contributed by atoms with van der Waals surface area (Å²) in [7, 11) is 1.46. The maximum absolute atomic E-state index is 11.2. The van der Waals surface area contributed by atoms with Crippen molar-refractivity contribution in [3.05, 3.63) is 0 Å². The maximum atomic E-state index is 11.2. The number of Topliss-reactive ketones (excluding diaryl/α,β-unsaturated/α-hetero) is 1. The zero-order chi connectivity index (χ0) is 13.6. The van der Waals surface area contributed by atoms with E-state index >= 15 is 0 Å². The van der Waals surface area contributed by atoms with Crippen LogP contribution in [0.25, 0.3) is 0 Å². The summed E-state index contributed by atoms with van der Waals surface area (Å²) >= 11 is 0. The molecule has 1 atom stereocenters. The first kappa shape index (κ1) is 15.2. The van der Waals surface area contributed by atoms with Crippen LogP contribution < -0.4 is 0 Å². The Bertz CT molecular complexity index is 383. The molecule has 0 aliphatic heterocycles. The van der Waals surface area contributed by atoms with Crippen molar-refractivity contribution in [2.45, 2.75) is 39.3 Å². The van der Waals surface area contributed by atoms with Gasteiger partial charge in [-0.25, -0.2) is 9.59 Å². The highest BCUT2D eigenvalue weighted by Gasteiger charge is 2.15. The molecule has 0 saturated carbocycles. The molecule has 0 aliphatic rings. The molecule has 6 heteroatoms. The Balaban J connectivity index is 4.31. The molecule has 0 saturated heterocycles. The molecule has 0 heterocycles. The Morgan fingerprint density at radius 1 is 1.24 bits per heavy atom. The number of carbonyl (C=O) groups is 3. The van der Waals surface area contributed by atoms with Crippen LogP contribution in [0.15, 0.2) is 0 Å². The van der Waals surface area contributed by atoms with E-state index in [0.29, 0.717) is 0 Å². The lowest BCUT2D eigenvalue weighted by Crippen LogP contribution is -2.24. The molecule has 0 aromatic carbocycles. The van der Waals surface area contributed by atoms with Crippen LogP contribution in [0.2, 0.25) is 0 Å². The van der Waals surface area contributed by atoms with E-state index in [1.54, 1.807) is 20.8 Å². The molecule has 17 heavy (non-hydrogen) atoms. The summed E-state index contributed by atoms with van der Waals surface area (Å²) in [5.74, 6) is 2.16. The second kappa shape index (κ2) is 6.09. The lowest BCUT2D eigenvalue weighted by molar-refractivity contribution is -0.153. The zero-order valence-corrected chi connectivity index (χ0v) is 10.6. The number of carbonyl (C=O) groups excluding carboxylic acids is 3. The summed E-state index contributed by atoms with van der Waals surface area (Å²) in [6.45, 7) is 6.24. The first-order valence-electron chi connectivity index (χ1n) is 5.08. The Hall–Kier alpha value is -1.77. The summed E-state index contributed by atoms with van der Waals surface area (Å²) in [5, 5.41) is 0. The molecular formula is C11H15BO5. The van der Waals surface area contributed by atoms with Gasteiger partial charge in [-0.3, -0.25) is 4.79 Å². The highest BCUT2D eigenvalue weighted by molar-refractivity contribution is 6.33. The largest absolute Gasteiger partial charge is 0.454 e. The monoisotopic (exact) mass is 238 g/mol. The van der Waals surface area contributed by atoms with Crippen molar-refractivity contribution >= 4 is 25.6 Å². The van der Waals surface area contributed by atoms with Gasteiger partial charge in [0.25, 0.3) is 0 Å². The second-order valence-electron chi connectivity index (χ2n) is 4.37. The molecule has 5 nitrogen and oxygen atoms in total. The van der Waals surface area contributed by atoms with Crippen LogP contribution in [0.5, 0.6) is 0 Å². The SMILES string of the molecule is BC(C#CC(=O)OC(C)(C)C)OC(=O)C(C)=O. The predicted molar refractivity (Wildman–Crippen MR) is 62.7 cm³/mol. The summed E-state index contributed by atoms with van der Waals surface area (Å²) < 4.78 is 9.54. The molecule has 0 aromatic heterocycles. The fraction of sp³-hybridized carbons (Fsp3) is 0.545. The number of esters is 2. The van der Waals surface area contributed by atoms with Crippen LogP contribution >= 0.6 is 0 Å². The predicted octanol–water partition coefficient (Wildman–Crippen LogP) is -0.577. The molecule has 0 fully saturated rings. The Kier molecular flexibility index (Phi) is 5.46. The second-order valence-corrected chi connectivity index (χ2v) is 4.37. The average molecular weight is 238 g/mol. The zero-order valence-electron chi connectivity index (χ0n) is 10.6. The molecule has 0 N–H and O–H groups in total. The maximum Gasteiger partial charge on any atom is 0.384 e. The minimum Gasteiger partial charge on any atom is -0.454 e. The van der Waals surface area contributed by atoms with E-state index in [-0.39, 0.29) is 0 Å². The summed E-state index contributed by atoms with van der Waals surface area (Å²) in [6, 6.07) is -0.834. The van der Waals surface area contributed by atoms with Crippen LogP contribution in [-0.4, -0.2) is 37.2 Å². The number of hydrogen-bond donors (Lipinski definition) is 0. The molecule has 0 bridgehead atoms. The van der Waals surface area contributed by atoms with E-state index in [2.05, 4.69) is 16.6 Å². The van der Waals surface area contributed by atoms with Crippen molar-refractivity contribution in [2.75, 3.05) is 0 Å². The third-order valence-electron chi connectivity index (χ3n) is 1.35. The highest BCUT2D eigenvalue weighted by atomic mass is 16.6. The first-order chi connectivity index (χ1) is 7.61. The van der Waals surface area contributed by atoms with Crippen molar-refractivity contribution < 1.29 is 23.9 Å². The van der Waals surface area contributed by atoms with Gasteiger partial charge in [0.1, 0.15) is 11.6 Å². The van der Waals surface area contributed by atoms with E-state index in [1.165, 1.54) is 7.85 Å². The van der Waals surface area contributed by atoms with Crippen LogP contribution in [0.1, 0.15) is 27.7 Å². The molecule has 0 amide bonds. The van der Waals surface area contributed by atoms with Gasteiger partial charge in [-0.1, -0.05) is 5.92 Å². The van der Waals surface area contributed by atoms with Gasteiger partial charge >= 0.3 is 11.9 Å². The lowest BCUT2D eigenvalue weighted by Gasteiger charge is -2.17. The Labute approximate surface area is 101 Å². The van der Waals surface area contributed by atoms with Crippen molar-refractivity contribution in [1.82, 2.24) is 0 Å². The molecule has 1 unspecified atom stereocenters. The van der Waals surface area contributed by atoms with Gasteiger partial charge in [-0.05, 0) is 20.8 Å². The average Bonchev–Trinajstić information content (AvgIpc) is 2.11. The van der Waals surface area contributed by atoms with Gasteiger partial charge in [-0.15, -0.1) is 0 Å². The van der Waals surface area contributed by atoms with E-state index in [4.69, 9.17) is 4.74 Å². The standard InChI is InChI=1S/C11H15BO5/c1-7(13)10(15)16-8(12)5-6-9(14)17-11(2,3)4/h8H,12H2,1-4H3. The molecule has 0 aliphatic carbocycles. The number of ketones is 1. The fourth-order valence-electron chi connectivity index (χ4n) is 0.737. The summed E-state index contributed by atoms with van der Waals surface area (Å²) in [6.07, 6.45) is 0. The molecular weight excluding hydrogens is 223 g/mol. The van der Waals surface area contributed by atoms with Gasteiger partial charge in [0.15, 0.2) is 7.85 Å². The highest BCUT2D eigenvalue weighted by Crippen LogP contribution is 2.06. The normalized spacial score (nSPS) is 11.8. The van der Waals surface area contributed by atoms with Crippen LogP contribution in [-0.2, 0) is 23.9 Å². The quantitative estimate of drug-likeness (QED) is 0.212. The third kappa shape index (κ3) is 8.08. The van der Waals surface area contributed by atoms with Gasteiger partial charge in [0.05, 0.1) is 0 Å². The van der Waals surface area contributed by atoms with Crippen LogP contribution in [0, 0.1) is 11.8 Å². The number of rotatable bonds is 2. The molecule has 0 rings (SSSR count). The molecule has 0 spiro atoms. The van der Waals surface area contributed by atoms with Crippen molar-refractivity contribution in [3.8, 4) is 11.8 Å². The Morgan fingerprint density at radius 3 is 2.18 bits per heavy atom. The van der Waals surface area contributed by atoms with E-state index in [0.717, 1.165) is 6.92 Å². The van der Waals surface area contributed by atoms with Crippen molar-refractivity contribution in [2.24, 2.45) is 0 Å². The third-order valence-corrected chi connectivity index (χ3v) is 1.35. The van der Waals surface area contributed by atoms with Gasteiger partial charge in [0.2, 0.25) is 5.78 Å². The summed E-state index contributed by atoms with van der Waals surface area (Å²) in [5.41, 5.74) is -0.620. The molecule has 0 radical (unpaired) electrons. The molecule has 0 aromatic rings. The van der Waals surface area contributed by atoms with Gasteiger partial charge < -0.3 is 9.47 Å². The van der Waals surface area contributed by atoms with Gasteiger partial charge in [0, 0.05) is 12.8 Å². The minimum atomic E-state index is -0.976. The van der Waals surface area contributed by atoms with Gasteiger partial charge in [-0.2, -0.15) is 0 Å². The van der Waals surface area contributed by atoms with E-state index in [1.807, 2.05) is 0 Å². The van der Waals surface area contributed by atoms with E-state index in [9.17, 15) is 14.4 Å². The topological polar surface area (TPSA) is 69.7 Å². The van der Waals surface area contributed by atoms with Crippen LogP contribution in [0.3, 0.4) is 0 Å². The summed E-state index contributed by atoms with van der Waals surface area (Å²) in [4.78, 5) is 32.6. The first-order valence-corrected chi connectivity index (χ1v) is 5.08. The van der Waals surface area contributed by atoms with Crippen LogP contribution in [0.4, 0.5) is 0 Å².